The number of hydrazine groups is 1. The number of piperazine rings is 1. The number of aromatic hydroxyl groups is 1. The summed E-state index contributed by atoms with van der Waals surface area (Å²) in [5.74, 6) is 0.125. The first-order valence-corrected chi connectivity index (χ1v) is 16.9. The SMILES string of the molecule is CN1CC(=O)N2C(CN(Cc3cccc4c3NCC4)C(=O)[C@@H]2Cc2ccc(O)cc2)N1C(=O)CC1CCN(Cc2ccccc2)CC1. The molecule has 3 aromatic rings. The van der Waals surface area contributed by atoms with Gasteiger partial charge in [0.25, 0.3) is 0 Å². The zero-order valence-electron chi connectivity index (χ0n) is 27.1. The van der Waals surface area contributed by atoms with Crippen LogP contribution in [0.1, 0.15) is 41.5 Å². The zero-order valence-corrected chi connectivity index (χ0v) is 27.1. The number of benzene rings is 3. The predicted octanol–water partition coefficient (Wildman–Crippen LogP) is 3.46. The van der Waals surface area contributed by atoms with Crippen molar-refractivity contribution in [2.75, 3.05) is 45.1 Å². The first kappa shape index (κ1) is 31.2. The van der Waals surface area contributed by atoms with E-state index in [1.807, 2.05) is 17.0 Å². The molecule has 0 radical (unpaired) electrons. The Balaban J connectivity index is 1.11. The molecule has 246 valence electrons. The molecule has 10 nitrogen and oxygen atoms in total. The Morgan fingerprint density at radius 3 is 2.45 bits per heavy atom. The lowest BCUT2D eigenvalue weighted by molar-refractivity contribution is -0.203. The number of phenols is 1. The van der Waals surface area contributed by atoms with Gasteiger partial charge in [-0.25, -0.2) is 5.01 Å². The minimum absolute atomic E-state index is 0.00328. The molecule has 10 heteroatoms. The number of rotatable bonds is 8. The number of anilines is 1. The van der Waals surface area contributed by atoms with Crippen LogP contribution < -0.4 is 5.32 Å². The highest BCUT2D eigenvalue weighted by Crippen LogP contribution is 2.33. The third-order valence-corrected chi connectivity index (χ3v) is 10.3. The van der Waals surface area contributed by atoms with Crippen LogP contribution >= 0.6 is 0 Å². The van der Waals surface area contributed by atoms with E-state index in [0.29, 0.717) is 19.4 Å². The van der Waals surface area contributed by atoms with E-state index < -0.39 is 12.2 Å². The summed E-state index contributed by atoms with van der Waals surface area (Å²) in [5, 5.41) is 16.9. The molecule has 0 aromatic heterocycles. The van der Waals surface area contributed by atoms with Gasteiger partial charge < -0.3 is 20.2 Å². The third kappa shape index (κ3) is 6.57. The van der Waals surface area contributed by atoms with Gasteiger partial charge in [-0.05, 0) is 72.7 Å². The molecular formula is C37H44N6O4. The Labute approximate surface area is 276 Å². The van der Waals surface area contributed by atoms with E-state index in [9.17, 15) is 19.5 Å². The van der Waals surface area contributed by atoms with Crippen LogP contribution in [0.15, 0.2) is 72.8 Å². The Kier molecular flexibility index (Phi) is 8.88. The molecule has 0 saturated carbocycles. The molecule has 2 atom stereocenters. The maximum atomic E-state index is 14.3. The second-order valence-electron chi connectivity index (χ2n) is 13.5. The normalized spacial score (nSPS) is 22.3. The molecule has 3 aromatic carbocycles. The number of para-hydroxylation sites is 1. The maximum Gasteiger partial charge on any atom is 0.246 e. The van der Waals surface area contributed by atoms with Gasteiger partial charge in [0.05, 0.1) is 13.1 Å². The number of likely N-dealkylation sites (N-methyl/N-ethyl adjacent to an activating group) is 1. The lowest BCUT2D eigenvalue weighted by Gasteiger charge is -2.55. The van der Waals surface area contributed by atoms with Crippen LogP contribution in [-0.2, 0) is 40.3 Å². The van der Waals surface area contributed by atoms with E-state index in [1.54, 1.807) is 46.2 Å². The summed E-state index contributed by atoms with van der Waals surface area (Å²) in [6, 6.07) is 22.7. The first-order chi connectivity index (χ1) is 22.8. The standard InChI is InChI=1S/C37H44N6O4/c1-39-25-35(46)42-32(20-26-10-12-31(44)13-11-26)37(47)41(23-30-9-5-8-29-14-17-38-36(29)30)24-33(42)43(39)34(45)21-27-15-18-40(19-16-27)22-28-6-3-2-4-7-28/h2-13,27,32-33,38,44H,14-25H2,1H3/t32-,33?/m0/s1. The molecule has 3 fully saturated rings. The molecule has 4 aliphatic rings. The van der Waals surface area contributed by atoms with Crippen LogP contribution in [-0.4, -0.2) is 99.5 Å². The summed E-state index contributed by atoms with van der Waals surface area (Å²) < 4.78 is 0. The maximum absolute atomic E-state index is 14.3. The van der Waals surface area contributed by atoms with Crippen molar-refractivity contribution >= 4 is 23.4 Å². The smallest absolute Gasteiger partial charge is 0.246 e. The van der Waals surface area contributed by atoms with Crippen molar-refractivity contribution in [3.8, 4) is 5.75 Å². The monoisotopic (exact) mass is 636 g/mol. The zero-order chi connectivity index (χ0) is 32.5. The molecule has 3 amide bonds. The molecule has 2 N–H and O–H groups in total. The van der Waals surface area contributed by atoms with Crippen molar-refractivity contribution in [1.82, 2.24) is 24.7 Å². The summed E-state index contributed by atoms with van der Waals surface area (Å²) in [6.07, 6.45) is 2.96. The van der Waals surface area contributed by atoms with Gasteiger partial charge in [0.2, 0.25) is 17.7 Å². The number of nitrogens with zero attached hydrogens (tertiary/aromatic N) is 5. The number of fused-ring (bicyclic) bond motifs is 2. The molecule has 1 unspecified atom stereocenters. The number of phenolic OH excluding ortho intramolecular Hbond substituents is 1. The Morgan fingerprint density at radius 2 is 1.68 bits per heavy atom. The Hall–Kier alpha value is -4.41. The van der Waals surface area contributed by atoms with E-state index >= 15 is 0 Å². The fraction of sp³-hybridized carbons (Fsp3) is 0.432. The van der Waals surface area contributed by atoms with Gasteiger partial charge in [0.1, 0.15) is 18.0 Å². The van der Waals surface area contributed by atoms with Gasteiger partial charge >= 0.3 is 0 Å². The molecule has 4 aliphatic heterocycles. The van der Waals surface area contributed by atoms with Crippen LogP contribution in [0.25, 0.3) is 0 Å². The van der Waals surface area contributed by atoms with Crippen molar-refractivity contribution in [3.63, 3.8) is 0 Å². The molecule has 47 heavy (non-hydrogen) atoms. The van der Waals surface area contributed by atoms with Gasteiger partial charge in [0.15, 0.2) is 0 Å². The van der Waals surface area contributed by atoms with Crippen LogP contribution in [0.4, 0.5) is 5.69 Å². The number of hydrogen-bond acceptors (Lipinski definition) is 7. The first-order valence-electron chi connectivity index (χ1n) is 16.9. The Bertz CT molecular complexity index is 1610. The van der Waals surface area contributed by atoms with Crippen molar-refractivity contribution in [2.45, 2.75) is 57.4 Å². The summed E-state index contributed by atoms with van der Waals surface area (Å²) in [7, 11) is 1.80. The molecule has 0 bridgehead atoms. The number of amides is 3. The fourth-order valence-electron chi connectivity index (χ4n) is 7.85. The van der Waals surface area contributed by atoms with Gasteiger partial charge in [0, 0.05) is 45.2 Å². The van der Waals surface area contributed by atoms with Gasteiger partial charge in [-0.1, -0.05) is 60.7 Å². The summed E-state index contributed by atoms with van der Waals surface area (Å²) in [5.41, 5.74) is 5.52. The minimum Gasteiger partial charge on any atom is -0.508 e. The summed E-state index contributed by atoms with van der Waals surface area (Å²) >= 11 is 0. The summed E-state index contributed by atoms with van der Waals surface area (Å²) in [4.78, 5) is 48.2. The number of nitrogens with one attached hydrogen (secondary N) is 1. The number of piperidine rings is 1. The van der Waals surface area contributed by atoms with Gasteiger partial charge in [-0.2, -0.15) is 0 Å². The molecule has 0 spiro atoms. The second-order valence-corrected chi connectivity index (χ2v) is 13.5. The molecular weight excluding hydrogens is 592 g/mol. The highest BCUT2D eigenvalue weighted by atomic mass is 16.3. The molecule has 3 saturated heterocycles. The minimum atomic E-state index is -0.763. The van der Waals surface area contributed by atoms with Gasteiger partial charge in [-0.15, -0.1) is 0 Å². The van der Waals surface area contributed by atoms with Crippen molar-refractivity contribution in [3.05, 3.63) is 95.1 Å². The largest absolute Gasteiger partial charge is 0.508 e. The number of hydrogen-bond donors (Lipinski definition) is 2. The predicted molar refractivity (Wildman–Crippen MR) is 179 cm³/mol. The third-order valence-electron chi connectivity index (χ3n) is 10.3. The van der Waals surface area contributed by atoms with Crippen LogP contribution in [0.2, 0.25) is 0 Å². The average molecular weight is 637 g/mol. The quantitative estimate of drug-likeness (QED) is 0.391. The molecule has 7 rings (SSSR count). The average Bonchev–Trinajstić information content (AvgIpc) is 3.55. The van der Waals surface area contributed by atoms with Crippen molar-refractivity contribution in [1.29, 1.82) is 0 Å². The van der Waals surface area contributed by atoms with Crippen LogP contribution in [0.3, 0.4) is 0 Å². The van der Waals surface area contributed by atoms with E-state index in [0.717, 1.165) is 62.3 Å². The van der Waals surface area contributed by atoms with Crippen molar-refractivity contribution in [2.24, 2.45) is 5.92 Å². The fourth-order valence-corrected chi connectivity index (χ4v) is 7.85. The molecule has 0 aliphatic carbocycles. The lowest BCUT2D eigenvalue weighted by Crippen LogP contribution is -2.75. The van der Waals surface area contributed by atoms with E-state index in [-0.39, 0.29) is 42.5 Å². The number of carbonyl (C=O) groups excluding carboxylic acids is 3. The number of likely N-dealkylation sites (tertiary alicyclic amines) is 1. The van der Waals surface area contributed by atoms with Crippen LogP contribution in [0.5, 0.6) is 5.75 Å². The van der Waals surface area contributed by atoms with E-state index in [4.69, 9.17) is 0 Å². The van der Waals surface area contributed by atoms with Crippen LogP contribution in [0, 0.1) is 5.92 Å². The lowest BCUT2D eigenvalue weighted by atomic mass is 9.92. The number of carbonyl (C=O) groups is 3. The van der Waals surface area contributed by atoms with Gasteiger partial charge in [-0.3, -0.25) is 24.3 Å². The second kappa shape index (κ2) is 13.4. The summed E-state index contributed by atoms with van der Waals surface area (Å²) in [6.45, 7) is 4.35. The van der Waals surface area contributed by atoms with E-state index in [1.165, 1.54) is 11.1 Å². The topological polar surface area (TPSA) is 99.7 Å². The highest BCUT2D eigenvalue weighted by molar-refractivity contribution is 5.92. The van der Waals surface area contributed by atoms with E-state index in [2.05, 4.69) is 46.6 Å². The van der Waals surface area contributed by atoms with Crippen molar-refractivity contribution < 1.29 is 19.5 Å². The highest BCUT2D eigenvalue weighted by Gasteiger charge is 2.50. The Morgan fingerprint density at radius 1 is 0.915 bits per heavy atom. The molecule has 4 heterocycles.